The Bertz CT molecular complexity index is 182. The molecule has 0 aromatic carbocycles. The van der Waals surface area contributed by atoms with E-state index < -0.39 is 0 Å². The largest absolute Gasteiger partial charge is 0.363 e. The van der Waals surface area contributed by atoms with Gasteiger partial charge in [0.25, 0.3) is 0 Å². The van der Waals surface area contributed by atoms with Gasteiger partial charge in [0.2, 0.25) is 0 Å². The Morgan fingerprint density at radius 3 is 2.82 bits per heavy atom. The molecule has 1 aliphatic rings. The van der Waals surface area contributed by atoms with E-state index in [0.29, 0.717) is 5.92 Å². The van der Waals surface area contributed by atoms with Crippen molar-refractivity contribution >= 4 is 0 Å². The first-order chi connectivity index (χ1) is 5.24. The third-order valence-electron chi connectivity index (χ3n) is 1.80. The van der Waals surface area contributed by atoms with Crippen molar-refractivity contribution in [3.8, 4) is 0 Å². The van der Waals surface area contributed by atoms with E-state index in [0.717, 1.165) is 0 Å². The Labute approximate surface area is 67.9 Å². The highest BCUT2D eigenvalue weighted by atomic mass is 16.5. The quantitative estimate of drug-likeness (QED) is 0.651. The monoisotopic (exact) mass is 153 g/mol. The molecule has 1 rings (SSSR count). The van der Waals surface area contributed by atoms with E-state index in [1.807, 2.05) is 6.20 Å². The molecule has 0 amide bonds. The summed E-state index contributed by atoms with van der Waals surface area (Å²) in [4.78, 5) is 0. The lowest BCUT2D eigenvalue weighted by molar-refractivity contribution is 0.122. The lowest BCUT2D eigenvalue weighted by Gasteiger charge is -2.19. The van der Waals surface area contributed by atoms with Crippen molar-refractivity contribution < 1.29 is 4.74 Å². The van der Waals surface area contributed by atoms with Crippen molar-refractivity contribution in [3.63, 3.8) is 0 Å². The number of nitrogens with one attached hydrogen (secondary N) is 1. The molecule has 62 valence electrons. The zero-order valence-electron chi connectivity index (χ0n) is 7.29. The SMILES string of the molecule is COC1C=C(C(C)C)C=CN1. The number of ether oxygens (including phenoxy) is 1. The van der Waals surface area contributed by atoms with Crippen molar-refractivity contribution in [2.24, 2.45) is 5.92 Å². The molecule has 2 nitrogen and oxygen atoms in total. The molecule has 1 N–H and O–H groups in total. The van der Waals surface area contributed by atoms with E-state index in [-0.39, 0.29) is 6.23 Å². The van der Waals surface area contributed by atoms with E-state index in [1.165, 1.54) is 5.57 Å². The Hall–Kier alpha value is -0.760. The number of rotatable bonds is 2. The maximum atomic E-state index is 5.13. The highest BCUT2D eigenvalue weighted by Crippen LogP contribution is 2.14. The van der Waals surface area contributed by atoms with Gasteiger partial charge in [-0.2, -0.15) is 0 Å². The first kappa shape index (κ1) is 8.34. The molecule has 1 unspecified atom stereocenters. The summed E-state index contributed by atoms with van der Waals surface area (Å²) in [5.74, 6) is 0.575. The van der Waals surface area contributed by atoms with Crippen molar-refractivity contribution in [1.29, 1.82) is 0 Å². The Morgan fingerprint density at radius 2 is 2.27 bits per heavy atom. The van der Waals surface area contributed by atoms with Crippen LogP contribution in [0.1, 0.15) is 13.8 Å². The normalized spacial score (nSPS) is 23.3. The average Bonchev–Trinajstić information content (AvgIpc) is 2.05. The van der Waals surface area contributed by atoms with Gasteiger partial charge >= 0.3 is 0 Å². The van der Waals surface area contributed by atoms with Gasteiger partial charge in [0, 0.05) is 7.11 Å². The van der Waals surface area contributed by atoms with Crippen molar-refractivity contribution in [2.45, 2.75) is 20.1 Å². The molecule has 0 spiro atoms. The van der Waals surface area contributed by atoms with E-state index in [1.54, 1.807) is 7.11 Å². The molecule has 0 saturated carbocycles. The molecule has 1 heterocycles. The van der Waals surface area contributed by atoms with Crippen molar-refractivity contribution in [1.82, 2.24) is 5.32 Å². The average molecular weight is 153 g/mol. The van der Waals surface area contributed by atoms with Crippen molar-refractivity contribution in [3.05, 3.63) is 23.9 Å². The second-order valence-electron chi connectivity index (χ2n) is 2.98. The van der Waals surface area contributed by atoms with Crippen LogP contribution in [0.5, 0.6) is 0 Å². The summed E-state index contributed by atoms with van der Waals surface area (Å²) in [6.45, 7) is 4.35. The standard InChI is InChI=1S/C9H15NO/c1-7(2)8-4-5-10-9(6-8)11-3/h4-7,9-10H,1-3H3. The predicted octanol–water partition coefficient (Wildman–Crippen LogP) is 1.66. The molecule has 0 aliphatic carbocycles. The lowest BCUT2D eigenvalue weighted by Crippen LogP contribution is -2.27. The van der Waals surface area contributed by atoms with Gasteiger partial charge in [-0.15, -0.1) is 0 Å². The van der Waals surface area contributed by atoms with Gasteiger partial charge in [0.05, 0.1) is 0 Å². The first-order valence-corrected chi connectivity index (χ1v) is 3.91. The van der Waals surface area contributed by atoms with Gasteiger partial charge in [0.15, 0.2) is 0 Å². The lowest BCUT2D eigenvalue weighted by atomic mass is 10.0. The minimum Gasteiger partial charge on any atom is -0.363 e. The molecule has 0 fully saturated rings. The molecule has 1 aliphatic heterocycles. The molecular formula is C9H15NO. The summed E-state index contributed by atoms with van der Waals surface area (Å²) < 4.78 is 5.13. The number of hydrogen-bond donors (Lipinski definition) is 1. The first-order valence-electron chi connectivity index (χ1n) is 3.91. The molecule has 0 aromatic heterocycles. The second-order valence-corrected chi connectivity index (χ2v) is 2.98. The summed E-state index contributed by atoms with van der Waals surface area (Å²) in [6, 6.07) is 0. The van der Waals surface area contributed by atoms with Crippen LogP contribution in [0.2, 0.25) is 0 Å². The van der Waals surface area contributed by atoms with Gasteiger partial charge in [-0.05, 0) is 29.8 Å². The molecule has 0 radical (unpaired) electrons. The highest BCUT2D eigenvalue weighted by molar-refractivity contribution is 5.24. The predicted molar refractivity (Wildman–Crippen MR) is 46.0 cm³/mol. The fourth-order valence-electron chi connectivity index (χ4n) is 1.04. The minimum atomic E-state index is 0.0531. The van der Waals surface area contributed by atoms with Crippen LogP contribution in [0.25, 0.3) is 0 Å². The maximum absolute atomic E-state index is 5.13. The summed E-state index contributed by atoms with van der Waals surface area (Å²) in [7, 11) is 1.70. The number of allylic oxidation sites excluding steroid dienone is 2. The van der Waals surface area contributed by atoms with E-state index in [2.05, 4.69) is 31.3 Å². The Morgan fingerprint density at radius 1 is 1.55 bits per heavy atom. The van der Waals surface area contributed by atoms with Gasteiger partial charge < -0.3 is 10.1 Å². The van der Waals surface area contributed by atoms with Gasteiger partial charge in [-0.3, -0.25) is 0 Å². The van der Waals surface area contributed by atoms with E-state index in [9.17, 15) is 0 Å². The Kier molecular flexibility index (Phi) is 2.71. The molecule has 11 heavy (non-hydrogen) atoms. The van der Waals surface area contributed by atoms with Gasteiger partial charge in [-0.25, -0.2) is 0 Å². The van der Waals surface area contributed by atoms with Crippen LogP contribution in [0.3, 0.4) is 0 Å². The van der Waals surface area contributed by atoms with Gasteiger partial charge in [0.1, 0.15) is 6.23 Å². The smallest absolute Gasteiger partial charge is 0.146 e. The van der Waals surface area contributed by atoms with E-state index >= 15 is 0 Å². The fraction of sp³-hybridized carbons (Fsp3) is 0.556. The van der Waals surface area contributed by atoms with Crippen LogP contribution in [0, 0.1) is 5.92 Å². The summed E-state index contributed by atoms with van der Waals surface area (Å²) in [5.41, 5.74) is 1.33. The number of hydrogen-bond acceptors (Lipinski definition) is 2. The maximum Gasteiger partial charge on any atom is 0.146 e. The molecule has 0 aromatic rings. The van der Waals surface area contributed by atoms with Crippen LogP contribution >= 0.6 is 0 Å². The van der Waals surface area contributed by atoms with Crippen molar-refractivity contribution in [2.75, 3.05) is 7.11 Å². The van der Waals surface area contributed by atoms with Gasteiger partial charge in [-0.1, -0.05) is 13.8 Å². The van der Waals surface area contributed by atoms with Crippen LogP contribution in [0.4, 0.5) is 0 Å². The Balaban J connectivity index is 2.64. The molecule has 2 heteroatoms. The summed E-state index contributed by atoms with van der Waals surface area (Å²) >= 11 is 0. The molecule has 0 bridgehead atoms. The number of dihydropyridines is 1. The summed E-state index contributed by atoms with van der Waals surface area (Å²) in [5, 5.41) is 3.07. The zero-order chi connectivity index (χ0) is 8.27. The van der Waals surface area contributed by atoms with Crippen LogP contribution in [-0.4, -0.2) is 13.3 Å². The van der Waals surface area contributed by atoms with E-state index in [4.69, 9.17) is 4.74 Å². The summed E-state index contributed by atoms with van der Waals surface area (Å²) in [6.07, 6.45) is 6.17. The third-order valence-corrected chi connectivity index (χ3v) is 1.80. The third kappa shape index (κ3) is 2.09. The van der Waals surface area contributed by atoms with Crippen LogP contribution in [0.15, 0.2) is 23.9 Å². The zero-order valence-corrected chi connectivity index (χ0v) is 7.29. The van der Waals surface area contributed by atoms with Crippen LogP contribution in [-0.2, 0) is 4.74 Å². The number of methoxy groups -OCH3 is 1. The second kappa shape index (κ2) is 3.58. The minimum absolute atomic E-state index is 0.0531. The topological polar surface area (TPSA) is 21.3 Å². The van der Waals surface area contributed by atoms with Crippen LogP contribution < -0.4 is 5.32 Å². The molecule has 0 saturated heterocycles. The molecular weight excluding hydrogens is 138 g/mol. The fourth-order valence-corrected chi connectivity index (χ4v) is 1.04. The highest BCUT2D eigenvalue weighted by Gasteiger charge is 2.08. The molecule has 1 atom stereocenters.